The maximum atomic E-state index is 12.1. The first-order valence-corrected chi connectivity index (χ1v) is 6.64. The minimum absolute atomic E-state index is 0.209. The second-order valence-corrected chi connectivity index (χ2v) is 5.35. The normalized spacial score (nSPS) is 10.4. The van der Waals surface area contributed by atoms with E-state index in [1.165, 1.54) is 0 Å². The number of aromatic nitrogens is 1. The van der Waals surface area contributed by atoms with Crippen molar-refractivity contribution in [3.8, 4) is 0 Å². The lowest BCUT2D eigenvalue weighted by Crippen LogP contribution is -2.13. The van der Waals surface area contributed by atoms with E-state index in [9.17, 15) is 4.79 Å². The Bertz CT molecular complexity index is 591. The summed E-state index contributed by atoms with van der Waals surface area (Å²) in [5.41, 5.74) is 1.82. The smallest absolute Gasteiger partial charge is 0.255 e. The van der Waals surface area contributed by atoms with Gasteiger partial charge in [0.05, 0.1) is 5.02 Å². The molecule has 0 fully saturated rings. The molecule has 0 radical (unpaired) electrons. The van der Waals surface area contributed by atoms with Gasteiger partial charge in [-0.3, -0.25) is 4.79 Å². The molecule has 1 aromatic heterocycles. The van der Waals surface area contributed by atoms with E-state index in [4.69, 9.17) is 16.1 Å². The lowest BCUT2D eigenvalue weighted by Gasteiger charge is -2.05. The van der Waals surface area contributed by atoms with Crippen LogP contribution in [0.15, 0.2) is 22.7 Å². The highest BCUT2D eigenvalue weighted by atomic mass is 127. The van der Waals surface area contributed by atoms with Gasteiger partial charge < -0.3 is 9.84 Å². The summed E-state index contributed by atoms with van der Waals surface area (Å²) >= 11 is 8.00. The van der Waals surface area contributed by atoms with Crippen molar-refractivity contribution in [2.45, 2.75) is 13.8 Å². The van der Waals surface area contributed by atoms with Gasteiger partial charge in [0.25, 0.3) is 5.91 Å². The van der Waals surface area contributed by atoms with Crippen LogP contribution in [-0.4, -0.2) is 11.1 Å². The monoisotopic (exact) mass is 376 g/mol. The van der Waals surface area contributed by atoms with Crippen molar-refractivity contribution in [1.29, 1.82) is 0 Å². The summed E-state index contributed by atoms with van der Waals surface area (Å²) in [5.74, 6) is 0.378. The number of benzene rings is 1. The molecular formula is C12H10ClIN2O2. The maximum absolute atomic E-state index is 12.1. The van der Waals surface area contributed by atoms with Crippen molar-refractivity contribution in [3.05, 3.63) is 43.8 Å². The molecule has 2 rings (SSSR count). The summed E-state index contributed by atoms with van der Waals surface area (Å²) in [5, 5.41) is 7.19. The number of rotatable bonds is 2. The lowest BCUT2D eigenvalue weighted by atomic mass is 10.2. The molecule has 0 aliphatic rings. The molecule has 1 amide bonds. The Labute approximate surface area is 123 Å². The minimum Gasteiger partial charge on any atom is -0.359 e. The van der Waals surface area contributed by atoms with Gasteiger partial charge in [-0.1, -0.05) is 16.8 Å². The highest BCUT2D eigenvalue weighted by Gasteiger charge is 2.14. The molecule has 94 valence electrons. The molecule has 4 nitrogen and oxygen atoms in total. The highest BCUT2D eigenvalue weighted by molar-refractivity contribution is 14.1. The molecule has 1 heterocycles. The number of anilines is 1. The van der Waals surface area contributed by atoms with Gasteiger partial charge in [-0.05, 0) is 54.6 Å². The Morgan fingerprint density at radius 1 is 1.44 bits per heavy atom. The number of carbonyl (C=O) groups excluding carboxylic acids is 1. The zero-order valence-corrected chi connectivity index (χ0v) is 12.7. The fraction of sp³-hybridized carbons (Fsp3) is 0.167. The van der Waals surface area contributed by atoms with Crippen LogP contribution < -0.4 is 5.32 Å². The van der Waals surface area contributed by atoms with Crippen LogP contribution in [0.4, 0.5) is 5.69 Å². The van der Waals surface area contributed by atoms with E-state index in [2.05, 4.69) is 33.1 Å². The number of halogens is 2. The quantitative estimate of drug-likeness (QED) is 0.811. The first kappa shape index (κ1) is 13.4. The molecule has 0 aliphatic heterocycles. The summed E-state index contributed by atoms with van der Waals surface area (Å²) in [6, 6.07) is 5.11. The number of nitrogens with zero attached hydrogens (tertiary/aromatic N) is 1. The molecule has 1 aromatic carbocycles. The number of nitrogens with one attached hydrogen (secondary N) is 1. The molecule has 0 atom stereocenters. The van der Waals surface area contributed by atoms with Crippen molar-refractivity contribution >= 4 is 45.8 Å². The maximum Gasteiger partial charge on any atom is 0.255 e. The van der Waals surface area contributed by atoms with E-state index in [1.54, 1.807) is 32.0 Å². The van der Waals surface area contributed by atoms with Gasteiger partial charge in [0.2, 0.25) is 0 Å². The van der Waals surface area contributed by atoms with E-state index >= 15 is 0 Å². The van der Waals surface area contributed by atoms with Gasteiger partial charge in [0.1, 0.15) is 11.4 Å². The van der Waals surface area contributed by atoms with Crippen LogP contribution in [0.1, 0.15) is 21.8 Å². The number of aryl methyl sites for hydroxylation is 2. The average Bonchev–Trinajstić information content (AvgIpc) is 2.64. The molecule has 18 heavy (non-hydrogen) atoms. The number of carbonyl (C=O) groups is 1. The molecule has 0 unspecified atom stereocenters. The van der Waals surface area contributed by atoms with Gasteiger partial charge in [0.15, 0.2) is 5.76 Å². The van der Waals surface area contributed by atoms with E-state index in [0.717, 1.165) is 3.57 Å². The molecule has 0 aliphatic carbocycles. The predicted molar refractivity (Wildman–Crippen MR) is 78.1 cm³/mol. The molecule has 6 heteroatoms. The van der Waals surface area contributed by atoms with Crippen LogP contribution >= 0.6 is 34.2 Å². The molecular weight excluding hydrogens is 367 g/mol. The van der Waals surface area contributed by atoms with Crippen molar-refractivity contribution in [2.24, 2.45) is 0 Å². The van der Waals surface area contributed by atoms with Crippen LogP contribution in [0.5, 0.6) is 0 Å². The van der Waals surface area contributed by atoms with Crippen molar-refractivity contribution in [2.75, 3.05) is 5.32 Å². The lowest BCUT2D eigenvalue weighted by molar-refractivity contribution is 0.102. The largest absolute Gasteiger partial charge is 0.359 e. The second kappa shape index (κ2) is 5.27. The van der Waals surface area contributed by atoms with E-state index < -0.39 is 0 Å². The third kappa shape index (κ3) is 2.67. The summed E-state index contributed by atoms with van der Waals surface area (Å²) in [7, 11) is 0. The van der Waals surface area contributed by atoms with Crippen LogP contribution in [0.25, 0.3) is 0 Å². The molecule has 2 aromatic rings. The van der Waals surface area contributed by atoms with Crippen LogP contribution in [0.3, 0.4) is 0 Å². The summed E-state index contributed by atoms with van der Waals surface area (Å²) in [6.07, 6.45) is 0. The van der Waals surface area contributed by atoms with Crippen molar-refractivity contribution in [3.63, 3.8) is 0 Å². The first-order chi connectivity index (χ1) is 8.49. The number of amides is 1. The van der Waals surface area contributed by atoms with Crippen LogP contribution in [0.2, 0.25) is 5.02 Å². The standard InChI is InChI=1S/C12H10ClIN2O2/c1-6-11(7(2)18-16-6)15-12(17)8-3-4-9(13)10(14)5-8/h3-5H,1-2H3,(H,15,17). The third-order valence-electron chi connectivity index (χ3n) is 2.45. The SMILES string of the molecule is Cc1noc(C)c1NC(=O)c1ccc(Cl)c(I)c1. The fourth-order valence-corrected chi connectivity index (χ4v) is 2.12. The number of hydrogen-bond acceptors (Lipinski definition) is 3. The first-order valence-electron chi connectivity index (χ1n) is 5.18. The Balaban J connectivity index is 2.25. The fourth-order valence-electron chi connectivity index (χ4n) is 1.48. The van der Waals surface area contributed by atoms with Crippen molar-refractivity contribution < 1.29 is 9.32 Å². The molecule has 0 bridgehead atoms. The van der Waals surface area contributed by atoms with Gasteiger partial charge in [0, 0.05) is 9.13 Å². The van der Waals surface area contributed by atoms with Gasteiger partial charge in [-0.25, -0.2) is 0 Å². The van der Waals surface area contributed by atoms with Gasteiger partial charge >= 0.3 is 0 Å². The molecule has 1 N–H and O–H groups in total. The van der Waals surface area contributed by atoms with Crippen LogP contribution in [-0.2, 0) is 0 Å². The average molecular weight is 377 g/mol. The predicted octanol–water partition coefficient (Wildman–Crippen LogP) is 3.80. The Morgan fingerprint density at radius 2 is 2.17 bits per heavy atom. The minimum atomic E-state index is -0.209. The summed E-state index contributed by atoms with van der Waals surface area (Å²) < 4.78 is 5.82. The topological polar surface area (TPSA) is 55.1 Å². The van der Waals surface area contributed by atoms with Crippen molar-refractivity contribution in [1.82, 2.24) is 5.16 Å². The molecule has 0 spiro atoms. The Kier molecular flexibility index (Phi) is 3.91. The zero-order chi connectivity index (χ0) is 13.3. The number of hydrogen-bond donors (Lipinski definition) is 1. The van der Waals surface area contributed by atoms with Gasteiger partial charge in [-0.15, -0.1) is 0 Å². The van der Waals surface area contributed by atoms with E-state index in [1.807, 2.05) is 0 Å². The summed E-state index contributed by atoms with van der Waals surface area (Å²) in [4.78, 5) is 12.1. The van der Waals surface area contributed by atoms with Gasteiger partial charge in [-0.2, -0.15) is 0 Å². The molecule has 0 saturated heterocycles. The van der Waals surface area contributed by atoms with E-state index in [-0.39, 0.29) is 5.91 Å². The Hall–Kier alpha value is -1.08. The summed E-state index contributed by atoms with van der Waals surface area (Å²) in [6.45, 7) is 3.53. The van der Waals surface area contributed by atoms with Crippen LogP contribution in [0, 0.1) is 17.4 Å². The second-order valence-electron chi connectivity index (χ2n) is 3.78. The Morgan fingerprint density at radius 3 is 2.72 bits per heavy atom. The van der Waals surface area contributed by atoms with E-state index in [0.29, 0.717) is 27.7 Å². The molecule has 0 saturated carbocycles. The zero-order valence-electron chi connectivity index (χ0n) is 9.75. The highest BCUT2D eigenvalue weighted by Crippen LogP contribution is 2.22. The third-order valence-corrected chi connectivity index (χ3v) is 3.99.